The van der Waals surface area contributed by atoms with E-state index in [1.807, 2.05) is 0 Å². The normalized spacial score (nSPS) is 12.9. The minimum absolute atomic E-state index is 0.0557. The van der Waals surface area contributed by atoms with Crippen molar-refractivity contribution in [3.05, 3.63) is 35.6 Å². The van der Waals surface area contributed by atoms with Crippen molar-refractivity contribution in [2.75, 3.05) is 26.9 Å². The molecule has 1 rings (SSSR count). The Kier molecular flexibility index (Phi) is 7.63. The number of ether oxygens (including phenoxy) is 2. The molecule has 0 fully saturated rings. The molecule has 1 unspecified atom stereocenters. The van der Waals surface area contributed by atoms with E-state index in [0.29, 0.717) is 19.3 Å². The monoisotopic (exact) mass is 269 g/mol. The van der Waals surface area contributed by atoms with Gasteiger partial charge >= 0.3 is 0 Å². The molecule has 0 saturated heterocycles. The number of benzene rings is 1. The van der Waals surface area contributed by atoms with Gasteiger partial charge in [0.05, 0.1) is 6.10 Å². The van der Waals surface area contributed by atoms with Crippen LogP contribution in [0.3, 0.4) is 0 Å². The summed E-state index contributed by atoms with van der Waals surface area (Å²) in [6.07, 6.45) is 0.801. The predicted molar refractivity (Wildman–Crippen MR) is 74.7 cm³/mol. The van der Waals surface area contributed by atoms with E-state index in [1.165, 1.54) is 12.1 Å². The summed E-state index contributed by atoms with van der Waals surface area (Å²) in [7, 11) is 1.68. The zero-order valence-electron chi connectivity index (χ0n) is 12.0. The average Bonchev–Trinajstić information content (AvgIpc) is 2.39. The zero-order valence-corrected chi connectivity index (χ0v) is 12.0. The van der Waals surface area contributed by atoms with Crippen molar-refractivity contribution >= 4 is 0 Å². The highest BCUT2D eigenvalue weighted by atomic mass is 19.1. The predicted octanol–water partition coefficient (Wildman–Crippen LogP) is 2.92. The summed E-state index contributed by atoms with van der Waals surface area (Å²) in [5.74, 6) is -0.223. The van der Waals surface area contributed by atoms with Crippen molar-refractivity contribution < 1.29 is 13.9 Å². The Hall–Kier alpha value is -0.970. The van der Waals surface area contributed by atoms with Gasteiger partial charge in [-0.15, -0.1) is 0 Å². The molecule has 0 aliphatic carbocycles. The van der Waals surface area contributed by atoms with Gasteiger partial charge in [0.15, 0.2) is 0 Å². The number of halogens is 1. The highest BCUT2D eigenvalue weighted by Gasteiger charge is 2.12. The molecule has 0 amide bonds. The van der Waals surface area contributed by atoms with Crippen molar-refractivity contribution in [1.29, 1.82) is 0 Å². The van der Waals surface area contributed by atoms with Crippen molar-refractivity contribution in [3.8, 4) is 0 Å². The first-order valence-electron chi connectivity index (χ1n) is 6.73. The molecule has 1 aromatic rings. The zero-order chi connectivity index (χ0) is 14.1. The molecule has 108 valence electrons. The van der Waals surface area contributed by atoms with Crippen LogP contribution in [0.25, 0.3) is 0 Å². The summed E-state index contributed by atoms with van der Waals surface area (Å²) in [5.41, 5.74) is 0.993. The minimum Gasteiger partial charge on any atom is -0.385 e. The quantitative estimate of drug-likeness (QED) is 0.699. The van der Waals surface area contributed by atoms with Gasteiger partial charge in [0, 0.05) is 32.9 Å². The molecular formula is C15H24FNO2. The van der Waals surface area contributed by atoms with Crippen LogP contribution in [-0.2, 0) is 9.47 Å². The van der Waals surface area contributed by atoms with E-state index in [-0.39, 0.29) is 11.9 Å². The van der Waals surface area contributed by atoms with E-state index in [0.717, 1.165) is 18.5 Å². The van der Waals surface area contributed by atoms with Crippen molar-refractivity contribution in [2.24, 2.45) is 0 Å². The summed E-state index contributed by atoms with van der Waals surface area (Å²) >= 11 is 0. The van der Waals surface area contributed by atoms with Gasteiger partial charge in [-0.2, -0.15) is 0 Å². The van der Waals surface area contributed by atoms with Gasteiger partial charge in [-0.3, -0.25) is 0 Å². The molecule has 1 N–H and O–H groups in total. The van der Waals surface area contributed by atoms with Crippen LogP contribution in [0, 0.1) is 5.82 Å². The van der Waals surface area contributed by atoms with Crippen molar-refractivity contribution in [2.45, 2.75) is 32.4 Å². The van der Waals surface area contributed by atoms with Gasteiger partial charge in [-0.1, -0.05) is 26.0 Å². The van der Waals surface area contributed by atoms with Crippen LogP contribution >= 0.6 is 0 Å². The van der Waals surface area contributed by atoms with E-state index >= 15 is 0 Å². The lowest BCUT2D eigenvalue weighted by atomic mass is 10.1. The van der Waals surface area contributed by atoms with Crippen molar-refractivity contribution in [1.82, 2.24) is 5.32 Å². The van der Waals surface area contributed by atoms with Crippen LogP contribution in [0.2, 0.25) is 0 Å². The van der Waals surface area contributed by atoms with Gasteiger partial charge in [0.1, 0.15) is 5.82 Å². The second-order valence-corrected chi connectivity index (χ2v) is 4.82. The van der Waals surface area contributed by atoms with E-state index in [4.69, 9.17) is 9.47 Å². The molecule has 19 heavy (non-hydrogen) atoms. The molecule has 0 saturated carbocycles. The number of rotatable bonds is 9. The third-order valence-corrected chi connectivity index (χ3v) is 2.77. The Labute approximate surface area is 115 Å². The van der Waals surface area contributed by atoms with E-state index in [1.54, 1.807) is 19.2 Å². The lowest BCUT2D eigenvalue weighted by molar-refractivity contribution is 0.0377. The van der Waals surface area contributed by atoms with Gasteiger partial charge in [0.2, 0.25) is 0 Å². The Bertz CT molecular complexity index is 341. The van der Waals surface area contributed by atoms with Crippen LogP contribution in [-0.4, -0.2) is 32.9 Å². The number of methoxy groups -OCH3 is 1. The highest BCUT2D eigenvalue weighted by molar-refractivity contribution is 5.19. The number of hydrogen-bond donors (Lipinski definition) is 1. The first kappa shape index (κ1) is 16.1. The average molecular weight is 269 g/mol. The molecule has 4 heteroatoms. The Morgan fingerprint density at radius 3 is 2.42 bits per heavy atom. The largest absolute Gasteiger partial charge is 0.385 e. The number of hydrogen-bond acceptors (Lipinski definition) is 3. The van der Waals surface area contributed by atoms with Crippen LogP contribution in [0.4, 0.5) is 4.39 Å². The first-order chi connectivity index (χ1) is 9.13. The first-order valence-corrected chi connectivity index (χ1v) is 6.73. The van der Waals surface area contributed by atoms with E-state index < -0.39 is 0 Å². The van der Waals surface area contributed by atoms with Crippen LogP contribution in [0.15, 0.2) is 24.3 Å². The molecule has 0 bridgehead atoms. The third kappa shape index (κ3) is 6.66. The lowest BCUT2D eigenvalue weighted by Crippen LogP contribution is -2.29. The lowest BCUT2D eigenvalue weighted by Gasteiger charge is -2.20. The summed E-state index contributed by atoms with van der Waals surface area (Å²) < 4.78 is 23.8. The third-order valence-electron chi connectivity index (χ3n) is 2.77. The van der Waals surface area contributed by atoms with Gasteiger partial charge < -0.3 is 14.8 Å². The molecule has 0 radical (unpaired) electrons. The maximum atomic E-state index is 12.9. The number of nitrogens with one attached hydrogen (secondary N) is 1. The molecule has 1 aromatic carbocycles. The smallest absolute Gasteiger partial charge is 0.123 e. The van der Waals surface area contributed by atoms with Crippen molar-refractivity contribution in [3.63, 3.8) is 0 Å². The fraction of sp³-hybridized carbons (Fsp3) is 0.600. The Morgan fingerprint density at radius 2 is 1.84 bits per heavy atom. The highest BCUT2D eigenvalue weighted by Crippen LogP contribution is 2.17. The topological polar surface area (TPSA) is 30.5 Å². The van der Waals surface area contributed by atoms with Crippen LogP contribution in [0.5, 0.6) is 0 Å². The standard InChI is InChI=1S/C15H24FNO2/c1-12(2)17-11-15(19-10-4-9-18-3)13-5-7-14(16)8-6-13/h5-8,12,15,17H,4,9-11H2,1-3H3. The fourth-order valence-electron chi connectivity index (χ4n) is 1.72. The summed E-state index contributed by atoms with van der Waals surface area (Å²) in [4.78, 5) is 0. The SMILES string of the molecule is COCCCOC(CNC(C)C)c1ccc(F)cc1. The maximum absolute atomic E-state index is 12.9. The molecule has 0 aliphatic rings. The van der Waals surface area contributed by atoms with Gasteiger partial charge in [-0.05, 0) is 24.1 Å². The minimum atomic E-state index is -0.223. The summed E-state index contributed by atoms with van der Waals surface area (Å²) in [5, 5.41) is 3.35. The summed E-state index contributed by atoms with van der Waals surface area (Å²) in [6, 6.07) is 6.88. The Morgan fingerprint density at radius 1 is 1.16 bits per heavy atom. The van der Waals surface area contributed by atoms with Crippen LogP contribution in [0.1, 0.15) is 31.9 Å². The second kappa shape index (κ2) is 9.02. The van der Waals surface area contributed by atoms with Gasteiger partial charge in [0.25, 0.3) is 0 Å². The molecule has 0 spiro atoms. The molecule has 3 nitrogen and oxygen atoms in total. The molecule has 0 heterocycles. The summed E-state index contributed by atoms with van der Waals surface area (Å²) in [6.45, 7) is 6.22. The molecule has 0 aliphatic heterocycles. The van der Waals surface area contributed by atoms with Gasteiger partial charge in [-0.25, -0.2) is 4.39 Å². The van der Waals surface area contributed by atoms with E-state index in [9.17, 15) is 4.39 Å². The van der Waals surface area contributed by atoms with E-state index in [2.05, 4.69) is 19.2 Å². The molecule has 1 atom stereocenters. The second-order valence-electron chi connectivity index (χ2n) is 4.82. The van der Waals surface area contributed by atoms with Crippen LogP contribution < -0.4 is 5.32 Å². The molecular weight excluding hydrogens is 245 g/mol. The fourth-order valence-corrected chi connectivity index (χ4v) is 1.72. The molecule has 0 aromatic heterocycles. The Balaban J connectivity index is 2.54. The maximum Gasteiger partial charge on any atom is 0.123 e.